The standard InChI is InChI=1S/C22H30N4O3S/c1-28-22(27)14-2-7-18-17(12-14)19-20(23-13-24-21(19)30-18)25-15-3-5-16(6-4-15)26-8-10-29-11-9-26/h13-16H,2-12H2,1H3,(H,23,24,25)/t14?,15-,16-. The van der Waals surface area contributed by atoms with E-state index in [1.165, 1.54) is 30.4 Å². The summed E-state index contributed by atoms with van der Waals surface area (Å²) in [5.74, 6) is 0.781. The first-order valence-electron chi connectivity index (χ1n) is 11.1. The van der Waals surface area contributed by atoms with Crippen molar-refractivity contribution in [1.82, 2.24) is 14.9 Å². The molecule has 1 N–H and O–H groups in total. The van der Waals surface area contributed by atoms with E-state index in [0.29, 0.717) is 12.1 Å². The molecule has 0 amide bonds. The first-order valence-corrected chi connectivity index (χ1v) is 12.0. The number of carbonyl (C=O) groups excluding carboxylic acids is 1. The first kappa shape index (κ1) is 20.2. The molecule has 0 bridgehead atoms. The van der Waals surface area contributed by atoms with Crippen molar-refractivity contribution in [2.45, 2.75) is 57.0 Å². The Kier molecular flexibility index (Phi) is 5.89. The molecule has 0 radical (unpaired) electrons. The number of methoxy groups -OCH3 is 1. The number of aryl methyl sites for hydroxylation is 1. The largest absolute Gasteiger partial charge is 0.469 e. The number of nitrogens with one attached hydrogen (secondary N) is 1. The Balaban J connectivity index is 1.31. The molecule has 0 spiro atoms. The van der Waals surface area contributed by atoms with Crippen molar-refractivity contribution in [2.24, 2.45) is 5.92 Å². The highest BCUT2D eigenvalue weighted by atomic mass is 32.1. The minimum Gasteiger partial charge on any atom is -0.469 e. The molecular formula is C22H30N4O3S. The molecule has 2 fully saturated rings. The number of aromatic nitrogens is 2. The number of fused-ring (bicyclic) bond motifs is 3. The second-order valence-electron chi connectivity index (χ2n) is 8.67. The zero-order valence-electron chi connectivity index (χ0n) is 17.6. The molecule has 30 heavy (non-hydrogen) atoms. The minimum atomic E-state index is -0.104. The summed E-state index contributed by atoms with van der Waals surface area (Å²) in [6, 6.07) is 1.13. The molecule has 3 heterocycles. The van der Waals surface area contributed by atoms with Crippen LogP contribution >= 0.6 is 11.3 Å². The number of morpholine rings is 1. The van der Waals surface area contributed by atoms with E-state index in [0.717, 1.165) is 74.4 Å². The van der Waals surface area contributed by atoms with Crippen molar-refractivity contribution in [2.75, 3.05) is 38.7 Å². The third kappa shape index (κ3) is 3.92. The van der Waals surface area contributed by atoms with Crippen LogP contribution in [0.25, 0.3) is 10.2 Å². The molecule has 162 valence electrons. The van der Waals surface area contributed by atoms with Gasteiger partial charge in [0.2, 0.25) is 0 Å². The van der Waals surface area contributed by atoms with Crippen LogP contribution in [0, 0.1) is 5.92 Å². The third-order valence-corrected chi connectivity index (χ3v) is 8.18. The van der Waals surface area contributed by atoms with Crippen molar-refractivity contribution in [3.05, 3.63) is 16.8 Å². The molecule has 1 saturated heterocycles. The molecule has 2 aliphatic carbocycles. The molecule has 1 unspecified atom stereocenters. The maximum atomic E-state index is 12.1. The quantitative estimate of drug-likeness (QED) is 0.747. The van der Waals surface area contributed by atoms with Gasteiger partial charge < -0.3 is 14.8 Å². The van der Waals surface area contributed by atoms with E-state index in [4.69, 9.17) is 9.47 Å². The predicted molar refractivity (Wildman–Crippen MR) is 117 cm³/mol. The summed E-state index contributed by atoms with van der Waals surface area (Å²) < 4.78 is 10.5. The van der Waals surface area contributed by atoms with E-state index < -0.39 is 0 Å². The number of carbonyl (C=O) groups is 1. The number of hydrogen-bond acceptors (Lipinski definition) is 8. The summed E-state index contributed by atoms with van der Waals surface area (Å²) in [5, 5.41) is 4.86. The summed E-state index contributed by atoms with van der Waals surface area (Å²) in [6.07, 6.45) is 8.93. The Morgan fingerprint density at radius 2 is 2.00 bits per heavy atom. The van der Waals surface area contributed by atoms with E-state index in [9.17, 15) is 4.79 Å². The maximum Gasteiger partial charge on any atom is 0.309 e. The van der Waals surface area contributed by atoms with Crippen LogP contribution in [-0.2, 0) is 27.1 Å². The van der Waals surface area contributed by atoms with Crippen LogP contribution in [-0.4, -0.2) is 66.3 Å². The molecule has 5 rings (SSSR count). The fourth-order valence-electron chi connectivity index (χ4n) is 5.31. The van der Waals surface area contributed by atoms with Gasteiger partial charge in [-0.25, -0.2) is 9.97 Å². The number of esters is 1. The lowest BCUT2D eigenvalue weighted by molar-refractivity contribution is -0.145. The predicted octanol–water partition coefficient (Wildman–Crippen LogP) is 3.02. The smallest absolute Gasteiger partial charge is 0.309 e. The maximum absolute atomic E-state index is 12.1. The normalized spacial score (nSPS) is 27.6. The average molecular weight is 431 g/mol. The van der Waals surface area contributed by atoms with Crippen molar-refractivity contribution in [1.29, 1.82) is 0 Å². The lowest BCUT2D eigenvalue weighted by Gasteiger charge is -2.39. The molecule has 2 aromatic heterocycles. The van der Waals surface area contributed by atoms with Gasteiger partial charge in [-0.2, -0.15) is 0 Å². The Morgan fingerprint density at radius 1 is 1.20 bits per heavy atom. The molecule has 7 nitrogen and oxygen atoms in total. The Hall–Kier alpha value is -1.77. The molecule has 8 heteroatoms. The zero-order valence-corrected chi connectivity index (χ0v) is 18.4. The lowest BCUT2D eigenvalue weighted by Crippen LogP contribution is -2.46. The van der Waals surface area contributed by atoms with Crippen molar-refractivity contribution in [3.63, 3.8) is 0 Å². The SMILES string of the molecule is COC(=O)C1CCc2sc3ncnc(N[C@H]4CC[C@H](N5CCOCC5)CC4)c3c2C1. The number of ether oxygens (including phenoxy) is 2. The monoisotopic (exact) mass is 430 g/mol. The Morgan fingerprint density at radius 3 is 2.77 bits per heavy atom. The molecule has 2 aromatic rings. The fraction of sp³-hybridized carbons (Fsp3) is 0.682. The van der Waals surface area contributed by atoms with E-state index in [1.807, 2.05) is 0 Å². The molecular weight excluding hydrogens is 400 g/mol. The third-order valence-electron chi connectivity index (χ3n) is 6.98. The van der Waals surface area contributed by atoms with Gasteiger partial charge >= 0.3 is 5.97 Å². The van der Waals surface area contributed by atoms with Crippen LogP contribution in [0.2, 0.25) is 0 Å². The molecule has 3 aliphatic rings. The van der Waals surface area contributed by atoms with Crippen molar-refractivity contribution >= 4 is 33.3 Å². The summed E-state index contributed by atoms with van der Waals surface area (Å²) in [7, 11) is 1.48. The van der Waals surface area contributed by atoms with Crippen LogP contribution in [0.15, 0.2) is 6.33 Å². The molecule has 0 aromatic carbocycles. The minimum absolute atomic E-state index is 0.0580. The zero-order chi connectivity index (χ0) is 20.5. The summed E-state index contributed by atoms with van der Waals surface area (Å²) in [6.45, 7) is 3.87. The first-order chi connectivity index (χ1) is 14.7. The Labute approximate surface area is 181 Å². The van der Waals surface area contributed by atoms with Crippen LogP contribution in [0.5, 0.6) is 0 Å². The number of hydrogen-bond donors (Lipinski definition) is 1. The van der Waals surface area contributed by atoms with Crippen LogP contribution in [0.3, 0.4) is 0 Å². The van der Waals surface area contributed by atoms with Gasteiger partial charge in [0.25, 0.3) is 0 Å². The van der Waals surface area contributed by atoms with Gasteiger partial charge in [0.05, 0.1) is 31.6 Å². The highest BCUT2D eigenvalue weighted by Gasteiger charge is 2.31. The van der Waals surface area contributed by atoms with Crippen LogP contribution < -0.4 is 5.32 Å². The van der Waals surface area contributed by atoms with Gasteiger partial charge in [0.15, 0.2) is 0 Å². The molecule has 1 atom stereocenters. The van der Waals surface area contributed by atoms with E-state index in [1.54, 1.807) is 17.7 Å². The topological polar surface area (TPSA) is 76.6 Å². The van der Waals surface area contributed by atoms with E-state index in [-0.39, 0.29) is 11.9 Å². The molecule has 1 aliphatic heterocycles. The van der Waals surface area contributed by atoms with E-state index >= 15 is 0 Å². The van der Waals surface area contributed by atoms with Gasteiger partial charge in [0, 0.05) is 30.1 Å². The van der Waals surface area contributed by atoms with Gasteiger partial charge in [0.1, 0.15) is 17.0 Å². The second kappa shape index (κ2) is 8.77. The highest BCUT2D eigenvalue weighted by molar-refractivity contribution is 7.19. The number of thiophene rings is 1. The fourth-order valence-corrected chi connectivity index (χ4v) is 6.49. The van der Waals surface area contributed by atoms with Crippen molar-refractivity contribution < 1.29 is 14.3 Å². The summed E-state index contributed by atoms with van der Waals surface area (Å²) >= 11 is 1.75. The van der Waals surface area contributed by atoms with Crippen LogP contribution in [0.1, 0.15) is 42.5 Å². The Bertz CT molecular complexity index is 903. The average Bonchev–Trinajstić information content (AvgIpc) is 3.18. The highest BCUT2D eigenvalue weighted by Crippen LogP contribution is 2.40. The second-order valence-corrected chi connectivity index (χ2v) is 9.75. The number of anilines is 1. The number of rotatable bonds is 4. The molecule has 1 saturated carbocycles. The number of nitrogens with zero attached hydrogens (tertiary/aromatic N) is 3. The van der Waals surface area contributed by atoms with Crippen molar-refractivity contribution in [3.8, 4) is 0 Å². The van der Waals surface area contributed by atoms with Gasteiger partial charge in [-0.05, 0) is 50.5 Å². The van der Waals surface area contributed by atoms with Crippen LogP contribution in [0.4, 0.5) is 5.82 Å². The summed E-state index contributed by atoms with van der Waals surface area (Å²) in [4.78, 5) is 26.3. The summed E-state index contributed by atoms with van der Waals surface area (Å²) in [5.41, 5.74) is 1.25. The van der Waals surface area contributed by atoms with E-state index in [2.05, 4.69) is 20.2 Å². The lowest BCUT2D eigenvalue weighted by atomic mass is 9.87. The van der Waals surface area contributed by atoms with Gasteiger partial charge in [-0.3, -0.25) is 9.69 Å². The van der Waals surface area contributed by atoms with Gasteiger partial charge in [-0.15, -0.1) is 11.3 Å². The van der Waals surface area contributed by atoms with Gasteiger partial charge in [-0.1, -0.05) is 0 Å².